The quantitative estimate of drug-likeness (QED) is 0.732. The number of nitrogens with one attached hydrogen (secondary N) is 1. The van der Waals surface area contributed by atoms with E-state index in [1.807, 2.05) is 20.9 Å². The molecule has 0 saturated carbocycles. The van der Waals surface area contributed by atoms with E-state index in [1.54, 1.807) is 6.92 Å². The Morgan fingerprint density at radius 1 is 1.12 bits per heavy atom. The summed E-state index contributed by atoms with van der Waals surface area (Å²) in [7, 11) is 1.95. The average Bonchev–Trinajstić information content (AvgIpc) is 1.83. The van der Waals surface area contributed by atoms with Gasteiger partial charge in [0.1, 0.15) is 5.78 Å². The number of hydrogen-bond acceptors (Lipinski definition) is 2. The summed E-state index contributed by atoms with van der Waals surface area (Å²) in [5.74, 6) is 0.275. The predicted octanol–water partition coefficient (Wildman–Crippen LogP) is 0.142. The van der Waals surface area contributed by atoms with Gasteiger partial charge >= 0.3 is 58.2 Å². The van der Waals surface area contributed by atoms with Crippen LogP contribution in [0.5, 0.6) is 0 Å². The Labute approximate surface area is 152 Å². The van der Waals surface area contributed by atoms with Crippen molar-refractivity contribution in [2.75, 3.05) is 13.6 Å². The molecular weight excluding hydrogens is 272 g/mol. The summed E-state index contributed by atoms with van der Waals surface area (Å²) in [6.07, 6.45) is 0.927. The SMILES string of the molecule is CNCC(C)(C)CC(C)(C)C(C)=O.[CH3-].[CH3-].[Rb+]. The van der Waals surface area contributed by atoms with Crippen LogP contribution in [-0.2, 0) is 4.79 Å². The second kappa shape index (κ2) is 10.4. The van der Waals surface area contributed by atoms with Crippen LogP contribution in [0.2, 0.25) is 0 Å². The van der Waals surface area contributed by atoms with Crippen LogP contribution in [0.3, 0.4) is 0 Å². The van der Waals surface area contributed by atoms with Gasteiger partial charge in [-0.25, -0.2) is 0 Å². The number of carbonyl (C=O) groups excluding carboxylic acids is 1. The van der Waals surface area contributed by atoms with E-state index in [2.05, 4.69) is 19.2 Å². The van der Waals surface area contributed by atoms with E-state index in [-0.39, 0.29) is 89.7 Å². The van der Waals surface area contributed by atoms with Gasteiger partial charge in [0.15, 0.2) is 0 Å². The Bertz CT molecular complexity index is 188. The maximum Gasteiger partial charge on any atom is 1.00 e. The van der Waals surface area contributed by atoms with Gasteiger partial charge in [-0.15, -0.1) is 0 Å². The van der Waals surface area contributed by atoms with Crippen LogP contribution in [0.4, 0.5) is 0 Å². The number of ketones is 1. The Morgan fingerprint density at radius 3 is 1.75 bits per heavy atom. The zero-order valence-corrected chi connectivity index (χ0v) is 17.7. The van der Waals surface area contributed by atoms with Crippen LogP contribution in [0.15, 0.2) is 0 Å². The minimum Gasteiger partial charge on any atom is -0.358 e. The van der Waals surface area contributed by atoms with Crippen LogP contribution in [0, 0.1) is 25.7 Å². The van der Waals surface area contributed by atoms with E-state index in [1.165, 1.54) is 0 Å². The van der Waals surface area contributed by atoms with Gasteiger partial charge in [0.2, 0.25) is 0 Å². The molecule has 0 saturated heterocycles. The molecule has 0 rings (SSSR count). The van der Waals surface area contributed by atoms with E-state index in [9.17, 15) is 4.79 Å². The van der Waals surface area contributed by atoms with E-state index in [4.69, 9.17) is 0 Å². The number of rotatable bonds is 5. The number of carbonyl (C=O) groups is 1. The summed E-state index contributed by atoms with van der Waals surface area (Å²) in [6.45, 7) is 11.0. The minimum atomic E-state index is -0.194. The van der Waals surface area contributed by atoms with Gasteiger partial charge in [-0.3, -0.25) is 4.79 Å². The van der Waals surface area contributed by atoms with E-state index >= 15 is 0 Å². The van der Waals surface area contributed by atoms with Crippen molar-refractivity contribution in [3.8, 4) is 0 Å². The smallest absolute Gasteiger partial charge is 0.358 e. The summed E-state index contributed by atoms with van der Waals surface area (Å²) in [5, 5.41) is 3.16. The zero-order valence-electron chi connectivity index (χ0n) is 12.8. The van der Waals surface area contributed by atoms with Crippen LogP contribution >= 0.6 is 0 Å². The van der Waals surface area contributed by atoms with Gasteiger partial charge in [0, 0.05) is 5.41 Å². The molecule has 0 aromatic carbocycles. The monoisotopic (exact) mass is 300 g/mol. The molecule has 0 bridgehead atoms. The van der Waals surface area contributed by atoms with Crippen molar-refractivity contribution in [3.63, 3.8) is 0 Å². The van der Waals surface area contributed by atoms with Crippen molar-refractivity contribution in [2.45, 2.75) is 41.0 Å². The standard InChI is InChI=1S/C11H23NO.2CH3.Rb/c1-9(13)11(4,5)7-10(2,3)8-12-6;;;/h12H,7-8H2,1-6H3;2*1H3;/q;2*-1;+1. The molecule has 0 radical (unpaired) electrons. The number of hydrogen-bond donors (Lipinski definition) is 1. The molecule has 0 aliphatic heterocycles. The first-order valence-corrected chi connectivity index (χ1v) is 4.87. The fraction of sp³-hybridized carbons (Fsp3) is 0.769. The summed E-state index contributed by atoms with van der Waals surface area (Å²) >= 11 is 0. The molecule has 0 aromatic rings. The third kappa shape index (κ3) is 10.6. The molecule has 0 atom stereocenters. The van der Waals surface area contributed by atoms with Crippen LogP contribution in [0.1, 0.15) is 41.0 Å². The van der Waals surface area contributed by atoms with Gasteiger partial charge in [0.05, 0.1) is 0 Å². The van der Waals surface area contributed by atoms with Crippen molar-refractivity contribution in [2.24, 2.45) is 10.8 Å². The minimum absolute atomic E-state index is 0. The Kier molecular flexibility index (Phi) is 16.9. The third-order valence-electron chi connectivity index (χ3n) is 2.53. The largest absolute Gasteiger partial charge is 1.00 e. The maximum atomic E-state index is 11.3. The van der Waals surface area contributed by atoms with E-state index in [0.29, 0.717) is 0 Å². The third-order valence-corrected chi connectivity index (χ3v) is 2.53. The van der Waals surface area contributed by atoms with Crippen molar-refractivity contribution < 1.29 is 63.0 Å². The van der Waals surface area contributed by atoms with Gasteiger partial charge in [0.25, 0.3) is 0 Å². The summed E-state index contributed by atoms with van der Waals surface area (Å²) < 4.78 is 0. The molecule has 2 nitrogen and oxygen atoms in total. The molecule has 0 spiro atoms. The second-order valence-electron chi connectivity index (χ2n) is 5.31. The van der Waals surface area contributed by atoms with Crippen LogP contribution in [-0.4, -0.2) is 19.4 Å². The summed E-state index contributed by atoms with van der Waals surface area (Å²) in [5.41, 5.74) is -0.00965. The van der Waals surface area contributed by atoms with Crippen LogP contribution in [0.25, 0.3) is 0 Å². The Balaban J connectivity index is -0.000000240. The normalized spacial score (nSPS) is 10.6. The van der Waals surface area contributed by atoms with E-state index < -0.39 is 0 Å². The van der Waals surface area contributed by atoms with Gasteiger partial charge in [-0.2, -0.15) is 0 Å². The first kappa shape index (κ1) is 26.1. The Hall–Kier alpha value is 1.44. The zero-order chi connectivity index (χ0) is 10.7. The molecular formula is C13H29NORb-. The molecule has 0 unspecified atom stereocenters. The first-order valence-electron chi connectivity index (χ1n) is 4.87. The predicted molar refractivity (Wildman–Crippen MR) is 69.6 cm³/mol. The molecule has 94 valence electrons. The molecule has 0 aliphatic carbocycles. The van der Waals surface area contributed by atoms with Gasteiger partial charge < -0.3 is 20.2 Å². The molecule has 0 heterocycles. The molecule has 3 heteroatoms. The topological polar surface area (TPSA) is 29.1 Å². The van der Waals surface area contributed by atoms with Crippen molar-refractivity contribution >= 4 is 5.78 Å². The second-order valence-corrected chi connectivity index (χ2v) is 5.31. The maximum absolute atomic E-state index is 11.3. The fourth-order valence-corrected chi connectivity index (χ4v) is 1.86. The molecule has 0 aliphatic rings. The molecule has 0 amide bonds. The fourth-order valence-electron chi connectivity index (χ4n) is 1.86. The molecule has 0 aromatic heterocycles. The van der Waals surface area contributed by atoms with E-state index in [0.717, 1.165) is 13.0 Å². The summed E-state index contributed by atoms with van der Waals surface area (Å²) in [6, 6.07) is 0. The van der Waals surface area contributed by atoms with Crippen molar-refractivity contribution in [1.82, 2.24) is 5.32 Å². The Morgan fingerprint density at radius 2 is 1.50 bits per heavy atom. The molecule has 16 heavy (non-hydrogen) atoms. The summed E-state index contributed by atoms with van der Waals surface area (Å²) in [4.78, 5) is 11.3. The average molecular weight is 301 g/mol. The van der Waals surface area contributed by atoms with Crippen molar-refractivity contribution in [3.05, 3.63) is 14.9 Å². The van der Waals surface area contributed by atoms with Crippen molar-refractivity contribution in [1.29, 1.82) is 0 Å². The molecule has 0 fully saturated rings. The van der Waals surface area contributed by atoms with Gasteiger partial charge in [-0.05, 0) is 32.4 Å². The molecule has 1 N–H and O–H groups in total. The van der Waals surface area contributed by atoms with Crippen LogP contribution < -0.4 is 63.5 Å². The first-order chi connectivity index (χ1) is 5.71. The number of Topliss-reactive ketones (excluding diaryl/α,β-unsaturated/α-hetero) is 1. The van der Waals surface area contributed by atoms with Gasteiger partial charge in [-0.1, -0.05) is 27.7 Å².